The second kappa shape index (κ2) is 22.4. The van der Waals surface area contributed by atoms with Crippen LogP contribution < -0.4 is 22.9 Å². The Morgan fingerprint density at radius 2 is 0.828 bits per heavy atom. The van der Waals surface area contributed by atoms with E-state index < -0.39 is 0 Å². The Kier molecular flexibility index (Phi) is 16.1. The number of ether oxygens (including phenoxy) is 1. The van der Waals surface area contributed by atoms with E-state index in [9.17, 15) is 0 Å². The van der Waals surface area contributed by atoms with Crippen molar-refractivity contribution >= 4 is 22.7 Å². The average molecular weight is 859 g/mol. The largest absolute Gasteiger partial charge is 0.399 e. The summed E-state index contributed by atoms with van der Waals surface area (Å²) in [5.41, 5.74) is 36.2. The Bertz CT molecular complexity index is 2110. The molecule has 5 heteroatoms. The van der Waals surface area contributed by atoms with E-state index in [-0.39, 0.29) is 0 Å². The number of benzene rings is 5. The van der Waals surface area contributed by atoms with Crippen molar-refractivity contribution in [3.63, 3.8) is 0 Å². The quantitative estimate of drug-likeness (QED) is 0.0933. The van der Waals surface area contributed by atoms with Gasteiger partial charge in [-0.15, -0.1) is 0 Å². The minimum atomic E-state index is 0.480. The molecule has 0 atom stereocenters. The number of nitrogen functional groups attached to an aromatic ring is 4. The molecule has 340 valence electrons. The Morgan fingerprint density at radius 3 is 1.30 bits per heavy atom. The maximum atomic E-state index is 6.33. The van der Waals surface area contributed by atoms with Gasteiger partial charge in [0.15, 0.2) is 0 Å². The standard InChI is InChI=1S/C32H40N2.C27H38N2O/c33-31-20-26(21-32(34)22-31)19-25-8-12-28(13-9-25)30-16-14-29(15-17-30)27-10-6-24(7-11-27)18-23-4-2-1-3-5-23;1-19-2-4-21(5-3-19)18-30-27-12-10-24(11-13-27)23-8-6-20(7-9-23)14-22-15-25(28)17-26(29)16-22/h1-5,8-9,12-13,20-22,24,27,29-30H,6-7,10-11,14-19,33-34H2;6-9,15-17,19,21,24,27H,2-5,10-14,18,28-29H2,1H3. The van der Waals surface area contributed by atoms with Gasteiger partial charge in [0.05, 0.1) is 6.10 Å². The molecule has 8 N–H and O–H groups in total. The summed E-state index contributed by atoms with van der Waals surface area (Å²) in [7, 11) is 0. The summed E-state index contributed by atoms with van der Waals surface area (Å²) in [5, 5.41) is 0. The zero-order valence-corrected chi connectivity index (χ0v) is 38.9. The third kappa shape index (κ3) is 13.4. The molecule has 0 spiro atoms. The number of rotatable bonds is 12. The highest BCUT2D eigenvalue weighted by Gasteiger charge is 2.31. The molecule has 0 amide bonds. The van der Waals surface area contributed by atoms with Crippen molar-refractivity contribution in [2.75, 3.05) is 29.5 Å². The molecule has 0 aromatic heterocycles. The smallest absolute Gasteiger partial charge is 0.0575 e. The molecule has 4 aliphatic carbocycles. The van der Waals surface area contributed by atoms with Gasteiger partial charge in [0.1, 0.15) is 0 Å². The van der Waals surface area contributed by atoms with Crippen LogP contribution in [0, 0.1) is 29.6 Å². The van der Waals surface area contributed by atoms with Crippen molar-refractivity contribution < 1.29 is 4.74 Å². The lowest BCUT2D eigenvalue weighted by Crippen LogP contribution is -2.26. The third-order valence-corrected chi connectivity index (χ3v) is 15.9. The molecule has 0 saturated heterocycles. The summed E-state index contributed by atoms with van der Waals surface area (Å²) >= 11 is 0. The Morgan fingerprint density at radius 1 is 0.406 bits per heavy atom. The molecule has 9 rings (SSSR count). The minimum absolute atomic E-state index is 0.480. The van der Waals surface area contributed by atoms with Gasteiger partial charge in [0.25, 0.3) is 0 Å². The SMILES string of the molecule is CC1CCC(COC2CCC(c3ccc(Cc4cc(N)cc(N)c4)cc3)CC2)CC1.Nc1cc(N)cc(Cc2ccc(C3CCC(C4CCC(Cc5ccccc5)CC4)CC3)cc2)c1. The van der Waals surface area contributed by atoms with Gasteiger partial charge in [-0.1, -0.05) is 98.6 Å². The molecule has 4 saturated carbocycles. The van der Waals surface area contributed by atoms with Gasteiger partial charge < -0.3 is 27.7 Å². The molecule has 5 aromatic rings. The van der Waals surface area contributed by atoms with E-state index in [4.69, 9.17) is 27.7 Å². The van der Waals surface area contributed by atoms with Crippen molar-refractivity contribution in [3.05, 3.63) is 154 Å². The van der Waals surface area contributed by atoms with Crippen molar-refractivity contribution in [1.82, 2.24) is 0 Å². The van der Waals surface area contributed by atoms with Crippen LogP contribution in [0.5, 0.6) is 0 Å². The van der Waals surface area contributed by atoms with Gasteiger partial charge >= 0.3 is 0 Å². The number of anilines is 4. The van der Waals surface area contributed by atoms with E-state index in [2.05, 4.69) is 85.8 Å². The first-order valence-electron chi connectivity index (χ1n) is 25.3. The Balaban J connectivity index is 0.000000176. The first-order chi connectivity index (χ1) is 31.2. The predicted molar refractivity (Wildman–Crippen MR) is 271 cm³/mol. The fraction of sp³-hybridized carbons (Fsp3) is 0.492. The molecule has 0 radical (unpaired) electrons. The first-order valence-corrected chi connectivity index (χ1v) is 25.3. The molecule has 4 fully saturated rings. The summed E-state index contributed by atoms with van der Waals surface area (Å²) in [6, 6.07) is 41.3. The van der Waals surface area contributed by atoms with E-state index in [1.54, 1.807) is 0 Å². The van der Waals surface area contributed by atoms with Gasteiger partial charge in [-0.05, 0) is 226 Å². The summed E-state index contributed by atoms with van der Waals surface area (Å²) < 4.78 is 6.33. The van der Waals surface area contributed by atoms with Crippen LogP contribution in [0.25, 0.3) is 0 Å². The monoisotopic (exact) mass is 859 g/mol. The van der Waals surface area contributed by atoms with E-state index >= 15 is 0 Å². The maximum Gasteiger partial charge on any atom is 0.0575 e. The van der Waals surface area contributed by atoms with Crippen molar-refractivity contribution in [2.24, 2.45) is 29.6 Å². The zero-order chi connectivity index (χ0) is 44.3. The molecule has 5 nitrogen and oxygen atoms in total. The Hall–Kier alpha value is -4.74. The van der Waals surface area contributed by atoms with Gasteiger partial charge in [0.2, 0.25) is 0 Å². The van der Waals surface area contributed by atoms with Gasteiger partial charge in [0, 0.05) is 29.4 Å². The van der Waals surface area contributed by atoms with Crippen molar-refractivity contribution in [1.29, 1.82) is 0 Å². The van der Waals surface area contributed by atoms with Crippen LogP contribution in [0.3, 0.4) is 0 Å². The van der Waals surface area contributed by atoms with Crippen molar-refractivity contribution in [3.8, 4) is 0 Å². The molecule has 0 aliphatic heterocycles. The number of nitrogens with two attached hydrogens (primary N) is 4. The van der Waals surface area contributed by atoms with Crippen LogP contribution in [0.2, 0.25) is 0 Å². The van der Waals surface area contributed by atoms with E-state index in [1.807, 2.05) is 36.4 Å². The number of hydrogen-bond donors (Lipinski definition) is 4. The van der Waals surface area contributed by atoms with Crippen LogP contribution in [0.1, 0.15) is 160 Å². The second-order valence-corrected chi connectivity index (χ2v) is 20.9. The molecule has 4 aliphatic rings. The topological polar surface area (TPSA) is 113 Å². The second-order valence-electron chi connectivity index (χ2n) is 20.9. The van der Waals surface area contributed by atoms with Crippen LogP contribution in [-0.2, 0) is 24.0 Å². The van der Waals surface area contributed by atoms with Gasteiger partial charge in [-0.25, -0.2) is 0 Å². The summed E-state index contributed by atoms with van der Waals surface area (Å²) in [4.78, 5) is 0. The highest BCUT2D eigenvalue weighted by Crippen LogP contribution is 2.44. The molecule has 5 aromatic carbocycles. The normalized spacial score (nSPS) is 26.1. The molecular formula is C59H78N4O. The van der Waals surface area contributed by atoms with E-state index in [1.165, 1.54) is 148 Å². The average Bonchev–Trinajstić information content (AvgIpc) is 3.30. The first kappa shape index (κ1) is 45.8. The predicted octanol–water partition coefficient (Wildman–Crippen LogP) is 14.1. The fourth-order valence-electron chi connectivity index (χ4n) is 12.0. The minimum Gasteiger partial charge on any atom is -0.399 e. The lowest BCUT2D eigenvalue weighted by molar-refractivity contribution is -0.00404. The highest BCUT2D eigenvalue weighted by atomic mass is 16.5. The van der Waals surface area contributed by atoms with E-state index in [0.717, 1.165) is 77.7 Å². The maximum absolute atomic E-state index is 6.33. The molecular weight excluding hydrogens is 781 g/mol. The fourth-order valence-corrected chi connectivity index (χ4v) is 12.0. The molecule has 0 heterocycles. The van der Waals surface area contributed by atoms with Crippen LogP contribution >= 0.6 is 0 Å². The van der Waals surface area contributed by atoms with Crippen LogP contribution in [0.4, 0.5) is 22.7 Å². The van der Waals surface area contributed by atoms with Crippen LogP contribution in [0.15, 0.2) is 115 Å². The number of hydrogen-bond acceptors (Lipinski definition) is 5. The molecule has 0 bridgehead atoms. The zero-order valence-electron chi connectivity index (χ0n) is 38.9. The highest BCUT2D eigenvalue weighted by molar-refractivity contribution is 5.56. The molecule has 0 unspecified atom stereocenters. The lowest BCUT2D eigenvalue weighted by Gasteiger charge is -2.38. The van der Waals surface area contributed by atoms with Gasteiger partial charge in [-0.3, -0.25) is 0 Å². The van der Waals surface area contributed by atoms with Crippen molar-refractivity contribution in [2.45, 2.75) is 147 Å². The van der Waals surface area contributed by atoms with E-state index in [0.29, 0.717) is 12.0 Å². The summed E-state index contributed by atoms with van der Waals surface area (Å²) in [5.74, 6) is 5.98. The lowest BCUT2D eigenvalue weighted by atomic mass is 9.68. The third-order valence-electron chi connectivity index (χ3n) is 15.9. The van der Waals surface area contributed by atoms with Gasteiger partial charge in [-0.2, -0.15) is 0 Å². The Labute approximate surface area is 386 Å². The van der Waals surface area contributed by atoms with Crippen LogP contribution in [-0.4, -0.2) is 12.7 Å². The molecule has 64 heavy (non-hydrogen) atoms. The summed E-state index contributed by atoms with van der Waals surface area (Å²) in [6.07, 6.45) is 25.3. The summed E-state index contributed by atoms with van der Waals surface area (Å²) in [6.45, 7) is 3.38.